The summed E-state index contributed by atoms with van der Waals surface area (Å²) < 4.78 is 0. The van der Waals surface area contributed by atoms with E-state index in [-0.39, 0.29) is 0 Å². The molecule has 0 spiro atoms. The molecule has 0 aliphatic heterocycles. The van der Waals surface area contributed by atoms with E-state index < -0.39 is 0 Å². The van der Waals surface area contributed by atoms with Crippen molar-refractivity contribution in [3.05, 3.63) is 41.9 Å². The lowest BCUT2D eigenvalue weighted by atomic mass is 10.0. The van der Waals surface area contributed by atoms with Crippen molar-refractivity contribution in [3.8, 4) is 11.5 Å². The van der Waals surface area contributed by atoms with Gasteiger partial charge in [-0.05, 0) is 42.9 Å². The highest BCUT2D eigenvalue weighted by Crippen LogP contribution is 2.16. The number of aromatic nitrogens is 3. The molecule has 30 heavy (non-hydrogen) atoms. The second-order valence-corrected chi connectivity index (χ2v) is 8.71. The van der Waals surface area contributed by atoms with Crippen molar-refractivity contribution in [1.82, 2.24) is 15.0 Å². The summed E-state index contributed by atoms with van der Waals surface area (Å²) in [5.74, 6) is 0.736. The van der Waals surface area contributed by atoms with Crippen LogP contribution in [-0.2, 0) is 12.8 Å². The Labute approximate surface area is 185 Å². The topological polar surface area (TPSA) is 38.7 Å². The van der Waals surface area contributed by atoms with Gasteiger partial charge in [0.2, 0.25) is 0 Å². The lowest BCUT2D eigenvalue weighted by Crippen LogP contribution is -1.96. The Morgan fingerprint density at radius 1 is 0.500 bits per heavy atom. The molecule has 0 amide bonds. The fraction of sp³-hybridized carbons (Fsp3) is 0.667. The van der Waals surface area contributed by atoms with Gasteiger partial charge in [-0.15, -0.1) is 0 Å². The van der Waals surface area contributed by atoms with Crippen LogP contribution < -0.4 is 0 Å². The molecule has 0 aromatic carbocycles. The Balaban J connectivity index is 1.65. The molecule has 3 nitrogen and oxygen atoms in total. The summed E-state index contributed by atoms with van der Waals surface area (Å²) in [5.41, 5.74) is 3.44. The van der Waals surface area contributed by atoms with Crippen LogP contribution in [0, 0.1) is 0 Å². The molecule has 0 radical (unpaired) electrons. The Bertz CT molecular complexity index is 649. The van der Waals surface area contributed by atoms with Crippen LogP contribution >= 0.6 is 0 Å². The molecule has 2 heterocycles. The number of nitrogens with zero attached hydrogens (tertiary/aromatic N) is 3. The zero-order valence-corrected chi connectivity index (χ0v) is 19.5. The summed E-state index contributed by atoms with van der Waals surface area (Å²) in [6.07, 6.45) is 27.0. The van der Waals surface area contributed by atoms with Crippen LogP contribution in [0.25, 0.3) is 11.5 Å². The number of hydrogen-bond acceptors (Lipinski definition) is 3. The summed E-state index contributed by atoms with van der Waals surface area (Å²) in [4.78, 5) is 13.7. The summed E-state index contributed by atoms with van der Waals surface area (Å²) in [6.45, 7) is 4.54. The van der Waals surface area contributed by atoms with Crippen LogP contribution in [0.2, 0.25) is 0 Å². The first kappa shape index (κ1) is 24.5. The van der Waals surface area contributed by atoms with Crippen LogP contribution in [0.5, 0.6) is 0 Å². The quantitative estimate of drug-likeness (QED) is 0.248. The van der Waals surface area contributed by atoms with Crippen LogP contribution in [0.1, 0.15) is 115 Å². The number of aryl methyl sites for hydroxylation is 2. The van der Waals surface area contributed by atoms with Gasteiger partial charge in [0, 0.05) is 18.6 Å². The third-order valence-electron chi connectivity index (χ3n) is 5.90. The van der Waals surface area contributed by atoms with E-state index in [4.69, 9.17) is 0 Å². The molecule has 0 fully saturated rings. The molecule has 0 saturated heterocycles. The van der Waals surface area contributed by atoms with Gasteiger partial charge >= 0.3 is 0 Å². The highest BCUT2D eigenvalue weighted by molar-refractivity contribution is 5.48. The second-order valence-electron chi connectivity index (χ2n) is 8.71. The van der Waals surface area contributed by atoms with Gasteiger partial charge in [0.25, 0.3) is 0 Å². The summed E-state index contributed by atoms with van der Waals surface area (Å²) in [6, 6.07) is 4.26. The standard InChI is InChI=1S/C27H43N3/c1-3-5-7-9-11-12-14-15-17-24-19-20-26(28-21-24)27-29-22-25(23-30-27)18-16-13-10-8-6-4-2/h19-23H,3-18H2,1-2H3. The maximum atomic E-state index is 4.61. The van der Waals surface area contributed by atoms with Crippen molar-refractivity contribution < 1.29 is 0 Å². The molecule has 0 N–H and O–H groups in total. The number of pyridine rings is 1. The van der Waals surface area contributed by atoms with Crippen molar-refractivity contribution in [2.75, 3.05) is 0 Å². The van der Waals surface area contributed by atoms with Gasteiger partial charge in [-0.1, -0.05) is 97.0 Å². The Morgan fingerprint density at radius 2 is 0.967 bits per heavy atom. The second kappa shape index (κ2) is 16.0. The van der Waals surface area contributed by atoms with E-state index >= 15 is 0 Å². The minimum absolute atomic E-state index is 0.736. The Hall–Kier alpha value is -1.77. The highest BCUT2D eigenvalue weighted by Gasteiger charge is 2.04. The number of hydrogen-bond donors (Lipinski definition) is 0. The molecule has 2 aromatic heterocycles. The zero-order chi connectivity index (χ0) is 21.3. The SMILES string of the molecule is CCCCCCCCCCc1ccc(-c2ncc(CCCCCCCC)cn2)nc1. The first-order valence-corrected chi connectivity index (χ1v) is 12.6. The van der Waals surface area contributed by atoms with E-state index in [0.717, 1.165) is 24.4 Å². The number of unbranched alkanes of at least 4 members (excludes halogenated alkanes) is 12. The van der Waals surface area contributed by atoms with Gasteiger partial charge in [-0.25, -0.2) is 9.97 Å². The van der Waals surface area contributed by atoms with Gasteiger partial charge < -0.3 is 0 Å². The van der Waals surface area contributed by atoms with Crippen molar-refractivity contribution in [2.45, 2.75) is 117 Å². The van der Waals surface area contributed by atoms with Gasteiger partial charge in [0.05, 0.1) is 0 Å². The maximum Gasteiger partial charge on any atom is 0.178 e. The predicted molar refractivity (Wildman–Crippen MR) is 129 cm³/mol. The molecule has 2 aromatic rings. The molecule has 166 valence electrons. The van der Waals surface area contributed by atoms with Gasteiger partial charge in [0.15, 0.2) is 5.82 Å². The van der Waals surface area contributed by atoms with Gasteiger partial charge in [-0.2, -0.15) is 0 Å². The maximum absolute atomic E-state index is 4.61. The van der Waals surface area contributed by atoms with Crippen molar-refractivity contribution in [3.63, 3.8) is 0 Å². The third-order valence-corrected chi connectivity index (χ3v) is 5.90. The first-order chi connectivity index (χ1) is 14.8. The summed E-state index contributed by atoms with van der Waals surface area (Å²) >= 11 is 0. The summed E-state index contributed by atoms with van der Waals surface area (Å²) in [7, 11) is 0. The third kappa shape index (κ3) is 10.3. The molecular weight excluding hydrogens is 366 g/mol. The van der Waals surface area contributed by atoms with Crippen LogP contribution in [0.15, 0.2) is 30.7 Å². The number of rotatable bonds is 17. The zero-order valence-electron chi connectivity index (χ0n) is 19.5. The lowest BCUT2D eigenvalue weighted by molar-refractivity contribution is 0.575. The summed E-state index contributed by atoms with van der Waals surface area (Å²) in [5, 5.41) is 0. The van der Waals surface area contributed by atoms with E-state index in [2.05, 4.69) is 40.9 Å². The van der Waals surface area contributed by atoms with E-state index in [0.29, 0.717) is 0 Å². The average molecular weight is 410 g/mol. The monoisotopic (exact) mass is 409 g/mol. The predicted octanol–water partition coefficient (Wildman–Crippen LogP) is 8.12. The molecule has 0 aliphatic rings. The highest BCUT2D eigenvalue weighted by atomic mass is 14.9. The largest absolute Gasteiger partial charge is 0.253 e. The molecule has 0 aliphatic carbocycles. The molecule has 2 rings (SSSR count). The van der Waals surface area contributed by atoms with E-state index in [1.165, 1.54) is 101 Å². The Morgan fingerprint density at radius 3 is 1.47 bits per heavy atom. The fourth-order valence-electron chi connectivity index (χ4n) is 3.89. The van der Waals surface area contributed by atoms with Gasteiger partial charge in [0.1, 0.15) is 5.69 Å². The van der Waals surface area contributed by atoms with Crippen LogP contribution in [0.4, 0.5) is 0 Å². The van der Waals surface area contributed by atoms with E-state index in [1.807, 2.05) is 18.6 Å². The molecule has 0 unspecified atom stereocenters. The van der Waals surface area contributed by atoms with E-state index in [1.54, 1.807) is 0 Å². The minimum atomic E-state index is 0.736. The normalized spacial score (nSPS) is 11.1. The fourth-order valence-corrected chi connectivity index (χ4v) is 3.89. The first-order valence-electron chi connectivity index (χ1n) is 12.6. The smallest absolute Gasteiger partial charge is 0.178 e. The minimum Gasteiger partial charge on any atom is -0.253 e. The average Bonchev–Trinajstić information content (AvgIpc) is 2.79. The molecule has 0 saturated carbocycles. The molecule has 0 bridgehead atoms. The van der Waals surface area contributed by atoms with Crippen molar-refractivity contribution in [1.29, 1.82) is 0 Å². The molecule has 3 heteroatoms. The van der Waals surface area contributed by atoms with E-state index in [9.17, 15) is 0 Å². The van der Waals surface area contributed by atoms with Gasteiger partial charge in [-0.3, -0.25) is 4.98 Å². The van der Waals surface area contributed by atoms with Crippen molar-refractivity contribution >= 4 is 0 Å². The molecular formula is C27H43N3. The lowest BCUT2D eigenvalue weighted by Gasteiger charge is -2.05. The Kier molecular flexibility index (Phi) is 13.1. The van der Waals surface area contributed by atoms with Crippen LogP contribution in [-0.4, -0.2) is 15.0 Å². The van der Waals surface area contributed by atoms with Crippen LogP contribution in [0.3, 0.4) is 0 Å². The van der Waals surface area contributed by atoms with Crippen molar-refractivity contribution in [2.24, 2.45) is 0 Å². The molecule has 0 atom stereocenters.